The molecule has 0 aliphatic carbocycles. The molecule has 3 heteroatoms. The minimum atomic E-state index is 0.341. The number of hydrogen-bond donors (Lipinski definition) is 2. The van der Waals surface area contributed by atoms with Gasteiger partial charge in [-0.2, -0.15) is 11.8 Å². The highest BCUT2D eigenvalue weighted by atomic mass is 32.2. The van der Waals surface area contributed by atoms with Gasteiger partial charge >= 0.3 is 0 Å². The maximum Gasteiger partial charge on any atom is 0.115 e. The van der Waals surface area contributed by atoms with Gasteiger partial charge < -0.3 is 10.4 Å². The SMILES string of the molecule is CCSCCCNCCc1ccc(O)cc1. The Kier molecular flexibility index (Phi) is 7.10. The van der Waals surface area contributed by atoms with Gasteiger partial charge in [0.05, 0.1) is 0 Å². The molecule has 0 atom stereocenters. The maximum atomic E-state index is 9.13. The van der Waals surface area contributed by atoms with E-state index in [1.54, 1.807) is 12.1 Å². The molecule has 0 aliphatic heterocycles. The Morgan fingerprint density at radius 2 is 1.94 bits per heavy atom. The minimum Gasteiger partial charge on any atom is -0.508 e. The topological polar surface area (TPSA) is 32.3 Å². The van der Waals surface area contributed by atoms with E-state index >= 15 is 0 Å². The molecule has 0 spiro atoms. The summed E-state index contributed by atoms with van der Waals surface area (Å²) in [5, 5.41) is 12.6. The average Bonchev–Trinajstić information content (AvgIpc) is 2.30. The first-order valence-electron chi connectivity index (χ1n) is 5.89. The lowest BCUT2D eigenvalue weighted by molar-refractivity contribution is 0.475. The fourth-order valence-corrected chi connectivity index (χ4v) is 2.10. The quantitative estimate of drug-likeness (QED) is 0.684. The van der Waals surface area contributed by atoms with Crippen molar-refractivity contribution in [3.8, 4) is 5.75 Å². The average molecular weight is 239 g/mol. The zero-order valence-electron chi connectivity index (χ0n) is 9.91. The Morgan fingerprint density at radius 1 is 1.19 bits per heavy atom. The molecular weight excluding hydrogens is 218 g/mol. The molecule has 0 aromatic heterocycles. The second-order valence-electron chi connectivity index (χ2n) is 3.72. The van der Waals surface area contributed by atoms with Crippen LogP contribution in [0.1, 0.15) is 18.9 Å². The summed E-state index contributed by atoms with van der Waals surface area (Å²) in [6.45, 7) is 4.32. The lowest BCUT2D eigenvalue weighted by Crippen LogP contribution is -2.18. The van der Waals surface area contributed by atoms with Gasteiger partial charge in [0.25, 0.3) is 0 Å². The first-order chi connectivity index (χ1) is 7.83. The number of hydrogen-bond acceptors (Lipinski definition) is 3. The van der Waals surface area contributed by atoms with Crippen molar-refractivity contribution < 1.29 is 5.11 Å². The van der Waals surface area contributed by atoms with Crippen LogP contribution in [0.3, 0.4) is 0 Å². The van der Waals surface area contributed by atoms with Gasteiger partial charge in [0.15, 0.2) is 0 Å². The Morgan fingerprint density at radius 3 is 2.62 bits per heavy atom. The minimum absolute atomic E-state index is 0.341. The van der Waals surface area contributed by atoms with Gasteiger partial charge in [-0.3, -0.25) is 0 Å². The second-order valence-corrected chi connectivity index (χ2v) is 5.11. The van der Waals surface area contributed by atoms with Gasteiger partial charge in [0.1, 0.15) is 5.75 Å². The van der Waals surface area contributed by atoms with Gasteiger partial charge in [0.2, 0.25) is 0 Å². The molecule has 0 fully saturated rings. The third kappa shape index (κ3) is 6.03. The summed E-state index contributed by atoms with van der Waals surface area (Å²) in [5.41, 5.74) is 1.27. The third-order valence-electron chi connectivity index (χ3n) is 2.37. The molecule has 0 saturated carbocycles. The summed E-state index contributed by atoms with van der Waals surface area (Å²) in [4.78, 5) is 0. The normalized spacial score (nSPS) is 10.6. The van der Waals surface area contributed by atoms with Crippen LogP contribution in [0.2, 0.25) is 0 Å². The summed E-state index contributed by atoms with van der Waals surface area (Å²) in [6.07, 6.45) is 2.27. The van der Waals surface area contributed by atoms with Gasteiger partial charge in [0, 0.05) is 0 Å². The molecule has 2 N–H and O–H groups in total. The highest BCUT2D eigenvalue weighted by molar-refractivity contribution is 7.99. The zero-order valence-corrected chi connectivity index (χ0v) is 10.7. The molecule has 1 aromatic rings. The van der Waals surface area contributed by atoms with Crippen LogP contribution in [-0.4, -0.2) is 29.7 Å². The van der Waals surface area contributed by atoms with Crippen LogP contribution in [0, 0.1) is 0 Å². The molecule has 1 aromatic carbocycles. The molecule has 2 nitrogen and oxygen atoms in total. The molecule has 0 bridgehead atoms. The van der Waals surface area contributed by atoms with E-state index in [0.29, 0.717) is 5.75 Å². The Hall–Kier alpha value is -0.670. The molecule has 0 radical (unpaired) electrons. The van der Waals surface area contributed by atoms with Crippen molar-refractivity contribution in [1.82, 2.24) is 5.32 Å². The van der Waals surface area contributed by atoms with Crippen molar-refractivity contribution in [3.63, 3.8) is 0 Å². The number of phenols is 1. The van der Waals surface area contributed by atoms with Crippen LogP contribution in [0.4, 0.5) is 0 Å². The molecule has 1 rings (SSSR count). The van der Waals surface area contributed by atoms with Gasteiger partial charge in [-0.1, -0.05) is 19.1 Å². The van der Waals surface area contributed by atoms with E-state index in [2.05, 4.69) is 12.2 Å². The molecule has 0 heterocycles. The summed E-state index contributed by atoms with van der Waals surface area (Å²) < 4.78 is 0. The molecule has 0 unspecified atom stereocenters. The molecular formula is C13H21NOS. The Labute approximate surface area is 102 Å². The van der Waals surface area contributed by atoms with Crippen molar-refractivity contribution in [2.75, 3.05) is 24.6 Å². The first kappa shape index (κ1) is 13.4. The van der Waals surface area contributed by atoms with Crippen LogP contribution >= 0.6 is 11.8 Å². The molecule has 90 valence electrons. The summed E-state index contributed by atoms with van der Waals surface area (Å²) in [7, 11) is 0. The van der Waals surface area contributed by atoms with Gasteiger partial charge in [-0.15, -0.1) is 0 Å². The predicted octanol–water partition coefficient (Wildman–Crippen LogP) is 2.67. The van der Waals surface area contributed by atoms with Crippen molar-refractivity contribution in [2.45, 2.75) is 19.8 Å². The van der Waals surface area contributed by atoms with Crippen LogP contribution in [-0.2, 0) is 6.42 Å². The monoisotopic (exact) mass is 239 g/mol. The number of nitrogens with one attached hydrogen (secondary N) is 1. The summed E-state index contributed by atoms with van der Waals surface area (Å²) in [6, 6.07) is 7.44. The zero-order chi connectivity index (χ0) is 11.6. The van der Waals surface area contributed by atoms with Gasteiger partial charge in [-0.05, 0) is 55.1 Å². The van der Waals surface area contributed by atoms with E-state index in [4.69, 9.17) is 5.11 Å². The van der Waals surface area contributed by atoms with Crippen molar-refractivity contribution >= 4 is 11.8 Å². The number of rotatable bonds is 8. The molecule has 16 heavy (non-hydrogen) atoms. The Balaban J connectivity index is 2.01. The number of thioether (sulfide) groups is 1. The van der Waals surface area contributed by atoms with Crippen molar-refractivity contribution in [2.24, 2.45) is 0 Å². The standard InChI is InChI=1S/C13H21NOS/c1-2-16-11-3-9-14-10-8-12-4-6-13(15)7-5-12/h4-7,14-15H,2-3,8-11H2,1H3. The number of phenolic OH excluding ortho intramolecular Hbond substituents is 1. The van der Waals surface area contributed by atoms with Crippen molar-refractivity contribution in [3.05, 3.63) is 29.8 Å². The first-order valence-corrected chi connectivity index (χ1v) is 7.04. The lowest BCUT2D eigenvalue weighted by Gasteiger charge is -2.04. The van der Waals surface area contributed by atoms with Crippen LogP contribution < -0.4 is 5.32 Å². The third-order valence-corrected chi connectivity index (χ3v) is 3.36. The number of benzene rings is 1. The maximum absolute atomic E-state index is 9.13. The second kappa shape index (κ2) is 8.48. The fourth-order valence-electron chi connectivity index (χ4n) is 1.46. The van der Waals surface area contributed by atoms with E-state index in [9.17, 15) is 0 Å². The molecule has 0 aliphatic rings. The molecule has 0 amide bonds. The largest absolute Gasteiger partial charge is 0.508 e. The van der Waals surface area contributed by atoms with Gasteiger partial charge in [-0.25, -0.2) is 0 Å². The Bertz CT molecular complexity index is 274. The van der Waals surface area contributed by atoms with Crippen LogP contribution in [0.25, 0.3) is 0 Å². The fraction of sp³-hybridized carbons (Fsp3) is 0.538. The van der Waals surface area contributed by atoms with E-state index < -0.39 is 0 Å². The van der Waals surface area contributed by atoms with Crippen LogP contribution in [0.15, 0.2) is 24.3 Å². The van der Waals surface area contributed by atoms with Crippen molar-refractivity contribution in [1.29, 1.82) is 0 Å². The van der Waals surface area contributed by atoms with E-state index in [1.165, 1.54) is 23.5 Å². The van der Waals surface area contributed by atoms with E-state index in [1.807, 2.05) is 23.9 Å². The van der Waals surface area contributed by atoms with E-state index in [0.717, 1.165) is 19.5 Å². The van der Waals surface area contributed by atoms with Crippen LogP contribution in [0.5, 0.6) is 5.75 Å². The lowest BCUT2D eigenvalue weighted by atomic mass is 10.1. The smallest absolute Gasteiger partial charge is 0.115 e. The molecule has 0 saturated heterocycles. The highest BCUT2D eigenvalue weighted by Gasteiger charge is 1.93. The van der Waals surface area contributed by atoms with E-state index in [-0.39, 0.29) is 0 Å². The summed E-state index contributed by atoms with van der Waals surface area (Å²) in [5.74, 6) is 2.81. The highest BCUT2D eigenvalue weighted by Crippen LogP contribution is 2.09. The number of aromatic hydroxyl groups is 1. The summed E-state index contributed by atoms with van der Waals surface area (Å²) >= 11 is 2.00. The predicted molar refractivity (Wildman–Crippen MR) is 72.3 cm³/mol.